The van der Waals surface area contributed by atoms with Gasteiger partial charge in [0.1, 0.15) is 11.8 Å². The summed E-state index contributed by atoms with van der Waals surface area (Å²) < 4.78 is 0. The molecule has 21 heavy (non-hydrogen) atoms. The predicted octanol–water partition coefficient (Wildman–Crippen LogP) is 2.99. The highest BCUT2D eigenvalue weighted by Gasteiger charge is 2.41. The van der Waals surface area contributed by atoms with Gasteiger partial charge in [0.15, 0.2) is 5.17 Å². The second-order valence-electron chi connectivity index (χ2n) is 5.19. The minimum Gasteiger partial charge on any atom is -0.508 e. The molecule has 2 aliphatic rings. The van der Waals surface area contributed by atoms with Crippen molar-refractivity contribution >= 4 is 16.9 Å². The van der Waals surface area contributed by atoms with Crippen LogP contribution in [0.2, 0.25) is 0 Å². The standard InChI is InChI=1S/C16H15N3OS/c20-12-6-4-11(5-7-12)15-14(13-3-1-2-8-17-13)18-16-19(15)9-10-21-16/h1-8,14-15,20H,9-10H2/t14-,15+/m1/s1. The first kappa shape index (κ1) is 12.7. The number of thioether (sulfide) groups is 1. The molecule has 0 bridgehead atoms. The van der Waals surface area contributed by atoms with Crippen LogP contribution in [-0.2, 0) is 0 Å². The summed E-state index contributed by atoms with van der Waals surface area (Å²) in [6.07, 6.45) is 1.82. The van der Waals surface area contributed by atoms with E-state index in [1.54, 1.807) is 12.1 Å². The Balaban J connectivity index is 1.77. The van der Waals surface area contributed by atoms with Crippen molar-refractivity contribution in [1.82, 2.24) is 9.88 Å². The zero-order chi connectivity index (χ0) is 14.2. The van der Waals surface area contributed by atoms with E-state index in [9.17, 15) is 5.11 Å². The van der Waals surface area contributed by atoms with Crippen molar-refractivity contribution in [2.24, 2.45) is 4.99 Å². The maximum absolute atomic E-state index is 9.51. The lowest BCUT2D eigenvalue weighted by atomic mass is 9.96. The SMILES string of the molecule is Oc1ccc([C@H]2[C@@H](c3ccccn3)N=C3SCCN32)cc1. The van der Waals surface area contributed by atoms with E-state index in [0.717, 1.165) is 23.2 Å². The van der Waals surface area contributed by atoms with Gasteiger partial charge in [-0.2, -0.15) is 0 Å². The Morgan fingerprint density at radius 2 is 2.00 bits per heavy atom. The fourth-order valence-corrected chi connectivity index (χ4v) is 3.99. The highest BCUT2D eigenvalue weighted by Crippen LogP contribution is 2.45. The molecule has 1 N–H and O–H groups in total. The number of benzene rings is 1. The monoisotopic (exact) mass is 297 g/mol. The Labute approximate surface area is 127 Å². The molecule has 2 aromatic rings. The maximum Gasteiger partial charge on any atom is 0.160 e. The Hall–Kier alpha value is -2.01. The van der Waals surface area contributed by atoms with E-state index in [-0.39, 0.29) is 12.1 Å². The number of aromatic hydroxyl groups is 1. The largest absolute Gasteiger partial charge is 0.508 e. The molecule has 1 aromatic heterocycles. The van der Waals surface area contributed by atoms with E-state index >= 15 is 0 Å². The highest BCUT2D eigenvalue weighted by molar-refractivity contribution is 8.14. The van der Waals surface area contributed by atoms with Crippen molar-refractivity contribution in [3.8, 4) is 5.75 Å². The molecule has 3 heterocycles. The summed E-state index contributed by atoms with van der Waals surface area (Å²) >= 11 is 1.81. The van der Waals surface area contributed by atoms with Gasteiger partial charge in [-0.15, -0.1) is 0 Å². The van der Waals surface area contributed by atoms with Gasteiger partial charge in [0.05, 0.1) is 11.7 Å². The lowest BCUT2D eigenvalue weighted by Crippen LogP contribution is -2.27. The molecule has 1 aromatic carbocycles. The first-order chi connectivity index (χ1) is 10.3. The fourth-order valence-electron chi connectivity index (χ4n) is 2.96. The van der Waals surface area contributed by atoms with Crippen LogP contribution in [0.3, 0.4) is 0 Å². The van der Waals surface area contributed by atoms with Crippen LogP contribution < -0.4 is 0 Å². The van der Waals surface area contributed by atoms with Gasteiger partial charge in [0.2, 0.25) is 0 Å². The number of hydrogen-bond donors (Lipinski definition) is 1. The van der Waals surface area contributed by atoms with E-state index in [4.69, 9.17) is 4.99 Å². The van der Waals surface area contributed by atoms with Gasteiger partial charge >= 0.3 is 0 Å². The summed E-state index contributed by atoms with van der Waals surface area (Å²) in [6.45, 7) is 1.01. The molecule has 4 nitrogen and oxygen atoms in total. The molecule has 2 atom stereocenters. The number of aliphatic imine (C=N–C) groups is 1. The molecule has 1 saturated heterocycles. The predicted molar refractivity (Wildman–Crippen MR) is 84.4 cm³/mol. The van der Waals surface area contributed by atoms with Gasteiger partial charge in [0.25, 0.3) is 0 Å². The number of rotatable bonds is 2. The van der Waals surface area contributed by atoms with Crippen molar-refractivity contribution in [3.05, 3.63) is 59.9 Å². The maximum atomic E-state index is 9.51. The van der Waals surface area contributed by atoms with Crippen LogP contribution in [0.1, 0.15) is 23.3 Å². The van der Waals surface area contributed by atoms with Crippen LogP contribution in [-0.4, -0.2) is 32.5 Å². The Kier molecular flexibility index (Phi) is 3.07. The molecule has 5 heteroatoms. The molecule has 1 fully saturated rings. The second kappa shape index (κ2) is 5.07. The summed E-state index contributed by atoms with van der Waals surface area (Å²) in [5.41, 5.74) is 2.17. The number of amidine groups is 1. The van der Waals surface area contributed by atoms with Crippen LogP contribution in [0.25, 0.3) is 0 Å². The number of fused-ring (bicyclic) bond motifs is 1. The van der Waals surface area contributed by atoms with Crippen molar-refractivity contribution in [2.75, 3.05) is 12.3 Å². The van der Waals surface area contributed by atoms with E-state index < -0.39 is 0 Å². The molecule has 0 spiro atoms. The normalized spacial score (nSPS) is 24.0. The van der Waals surface area contributed by atoms with Gasteiger partial charge in [-0.1, -0.05) is 30.0 Å². The molecule has 0 amide bonds. The Morgan fingerprint density at radius 3 is 2.76 bits per heavy atom. The third-order valence-corrected chi connectivity index (χ3v) is 4.90. The topological polar surface area (TPSA) is 48.7 Å². The number of nitrogens with zero attached hydrogens (tertiary/aromatic N) is 3. The van der Waals surface area contributed by atoms with Gasteiger partial charge in [-0.3, -0.25) is 9.98 Å². The molecular formula is C16H15N3OS. The minimum absolute atomic E-state index is 0.0264. The molecule has 106 valence electrons. The lowest BCUT2D eigenvalue weighted by molar-refractivity contribution is 0.332. The van der Waals surface area contributed by atoms with Crippen LogP contribution in [0.4, 0.5) is 0 Å². The third-order valence-electron chi connectivity index (χ3n) is 3.92. The minimum atomic E-state index is 0.0264. The zero-order valence-corrected chi connectivity index (χ0v) is 12.2. The van der Waals surface area contributed by atoms with Crippen LogP contribution >= 0.6 is 11.8 Å². The summed E-state index contributed by atoms with van der Waals surface area (Å²) in [4.78, 5) is 11.7. The second-order valence-corrected chi connectivity index (χ2v) is 6.25. The lowest BCUT2D eigenvalue weighted by Gasteiger charge is -2.26. The molecule has 4 rings (SSSR count). The van der Waals surface area contributed by atoms with Gasteiger partial charge < -0.3 is 10.0 Å². The van der Waals surface area contributed by atoms with Crippen LogP contribution in [0.5, 0.6) is 5.75 Å². The van der Waals surface area contributed by atoms with E-state index in [0.29, 0.717) is 5.75 Å². The van der Waals surface area contributed by atoms with Crippen molar-refractivity contribution < 1.29 is 5.11 Å². The summed E-state index contributed by atoms with van der Waals surface area (Å²) in [5.74, 6) is 1.38. The Bertz CT molecular complexity index is 672. The Morgan fingerprint density at radius 1 is 1.14 bits per heavy atom. The quantitative estimate of drug-likeness (QED) is 0.926. The van der Waals surface area contributed by atoms with Crippen molar-refractivity contribution in [1.29, 1.82) is 0 Å². The van der Waals surface area contributed by atoms with Crippen LogP contribution in [0.15, 0.2) is 53.7 Å². The van der Waals surface area contributed by atoms with E-state index in [2.05, 4.69) is 9.88 Å². The number of hydrogen-bond acceptors (Lipinski definition) is 5. The van der Waals surface area contributed by atoms with Crippen molar-refractivity contribution in [3.63, 3.8) is 0 Å². The fraction of sp³-hybridized carbons (Fsp3) is 0.250. The van der Waals surface area contributed by atoms with Gasteiger partial charge in [0, 0.05) is 18.5 Å². The van der Waals surface area contributed by atoms with Gasteiger partial charge in [-0.25, -0.2) is 0 Å². The average Bonchev–Trinajstić information content (AvgIpc) is 3.10. The summed E-state index contributed by atoms with van der Waals surface area (Å²) in [6, 6.07) is 13.6. The first-order valence-electron chi connectivity index (χ1n) is 7.00. The molecule has 0 saturated carbocycles. The number of aromatic nitrogens is 1. The van der Waals surface area contributed by atoms with E-state index in [1.807, 2.05) is 48.3 Å². The summed E-state index contributed by atoms with van der Waals surface area (Å²) in [5, 5.41) is 10.6. The summed E-state index contributed by atoms with van der Waals surface area (Å²) in [7, 11) is 0. The van der Waals surface area contributed by atoms with Gasteiger partial charge in [-0.05, 0) is 29.8 Å². The van der Waals surface area contributed by atoms with E-state index in [1.165, 1.54) is 5.56 Å². The van der Waals surface area contributed by atoms with Crippen LogP contribution in [0, 0.1) is 0 Å². The number of phenols is 1. The van der Waals surface area contributed by atoms with Crippen molar-refractivity contribution in [2.45, 2.75) is 12.1 Å². The molecule has 0 radical (unpaired) electrons. The third kappa shape index (κ3) is 2.17. The smallest absolute Gasteiger partial charge is 0.160 e. The molecule has 2 aliphatic heterocycles. The first-order valence-corrected chi connectivity index (χ1v) is 7.98. The molecular weight excluding hydrogens is 282 g/mol. The average molecular weight is 297 g/mol. The number of phenolic OH excluding ortho intramolecular Hbond substituents is 1. The molecule has 0 unspecified atom stereocenters. The number of pyridine rings is 1. The zero-order valence-electron chi connectivity index (χ0n) is 11.4. The molecule has 0 aliphatic carbocycles. The highest BCUT2D eigenvalue weighted by atomic mass is 32.2.